The number of hydrogen-bond donors (Lipinski definition) is 0. The molecule has 7 heteroatoms. The first-order valence-corrected chi connectivity index (χ1v) is 11.1. The van der Waals surface area contributed by atoms with E-state index in [1.807, 2.05) is 42.7 Å². The molecule has 0 atom stereocenters. The Hall–Kier alpha value is -3.38. The molecule has 0 saturated heterocycles. The Balaban J connectivity index is 1.38. The molecule has 3 heterocycles. The fourth-order valence-electron chi connectivity index (χ4n) is 4.19. The molecule has 0 aliphatic carbocycles. The Morgan fingerprint density at radius 1 is 1.06 bits per heavy atom. The summed E-state index contributed by atoms with van der Waals surface area (Å²) in [6.45, 7) is 6.12. The third-order valence-electron chi connectivity index (χ3n) is 5.64. The lowest BCUT2D eigenvalue weighted by molar-refractivity contribution is 0.301. The first-order valence-electron chi connectivity index (χ1n) is 10.8. The van der Waals surface area contributed by atoms with E-state index in [0.29, 0.717) is 13.2 Å². The average molecular weight is 446 g/mol. The van der Waals surface area contributed by atoms with Crippen molar-refractivity contribution < 1.29 is 4.74 Å². The average Bonchev–Trinajstić information content (AvgIpc) is 3.37. The Kier molecular flexibility index (Phi) is 5.53. The van der Waals surface area contributed by atoms with Gasteiger partial charge in [0.05, 0.1) is 29.5 Å². The van der Waals surface area contributed by atoms with Crippen LogP contribution in [0.5, 0.6) is 5.75 Å². The van der Waals surface area contributed by atoms with E-state index in [1.165, 1.54) is 16.3 Å². The van der Waals surface area contributed by atoms with Crippen molar-refractivity contribution in [1.82, 2.24) is 24.5 Å². The highest BCUT2D eigenvalue weighted by molar-refractivity contribution is 6.31. The topological polar surface area (TPSA) is 57.8 Å². The van der Waals surface area contributed by atoms with Crippen molar-refractivity contribution >= 4 is 33.4 Å². The van der Waals surface area contributed by atoms with Crippen LogP contribution in [0.15, 0.2) is 60.9 Å². The van der Waals surface area contributed by atoms with E-state index in [9.17, 15) is 0 Å². The quantitative estimate of drug-likeness (QED) is 0.318. The molecular formula is C25H24ClN5O. The Morgan fingerprint density at radius 2 is 1.94 bits per heavy atom. The zero-order chi connectivity index (χ0) is 22.1. The molecule has 6 nitrogen and oxygen atoms in total. The van der Waals surface area contributed by atoms with E-state index < -0.39 is 0 Å². The minimum absolute atomic E-state index is 0.350. The summed E-state index contributed by atoms with van der Waals surface area (Å²) in [4.78, 5) is 4.50. The number of ether oxygens (including phenoxy) is 1. The highest BCUT2D eigenvalue weighted by Crippen LogP contribution is 2.33. The van der Waals surface area contributed by atoms with Crippen molar-refractivity contribution in [1.29, 1.82) is 0 Å². The van der Waals surface area contributed by atoms with E-state index in [1.54, 1.807) is 4.68 Å². The Morgan fingerprint density at radius 3 is 2.78 bits per heavy atom. The van der Waals surface area contributed by atoms with Crippen molar-refractivity contribution in [3.05, 3.63) is 82.9 Å². The smallest absolute Gasteiger partial charge is 0.134 e. The number of fused-ring (bicyclic) bond motifs is 3. The Bertz CT molecular complexity index is 1400. The van der Waals surface area contributed by atoms with E-state index in [-0.39, 0.29) is 0 Å². The molecule has 5 aromatic rings. The van der Waals surface area contributed by atoms with Crippen molar-refractivity contribution in [3.8, 4) is 5.75 Å². The van der Waals surface area contributed by atoms with Crippen molar-refractivity contribution in [2.45, 2.75) is 40.0 Å². The second-order valence-electron chi connectivity index (χ2n) is 7.91. The van der Waals surface area contributed by atoms with Crippen molar-refractivity contribution in [2.75, 3.05) is 0 Å². The molecule has 0 spiro atoms. The van der Waals surface area contributed by atoms with E-state index >= 15 is 0 Å². The predicted octanol–water partition coefficient (Wildman–Crippen LogP) is 5.78. The van der Waals surface area contributed by atoms with Crippen LogP contribution in [0.2, 0.25) is 5.02 Å². The zero-order valence-electron chi connectivity index (χ0n) is 18.1. The minimum Gasteiger partial charge on any atom is -0.487 e. The lowest BCUT2D eigenvalue weighted by Crippen LogP contribution is -2.01. The van der Waals surface area contributed by atoms with Gasteiger partial charge >= 0.3 is 0 Å². The van der Waals surface area contributed by atoms with Gasteiger partial charge in [-0.2, -0.15) is 0 Å². The third-order valence-corrected chi connectivity index (χ3v) is 6.01. The summed E-state index contributed by atoms with van der Waals surface area (Å²) < 4.78 is 10.2. The number of aryl methyl sites for hydroxylation is 2. The van der Waals surface area contributed by atoms with Gasteiger partial charge in [-0.1, -0.05) is 41.9 Å². The van der Waals surface area contributed by atoms with Gasteiger partial charge < -0.3 is 9.30 Å². The third kappa shape index (κ3) is 3.82. The van der Waals surface area contributed by atoms with Crippen molar-refractivity contribution in [3.63, 3.8) is 0 Å². The molecule has 0 aliphatic heterocycles. The highest BCUT2D eigenvalue weighted by Gasteiger charge is 2.14. The summed E-state index contributed by atoms with van der Waals surface area (Å²) in [5, 5.41) is 11.6. The second-order valence-corrected chi connectivity index (χ2v) is 8.32. The van der Waals surface area contributed by atoms with Gasteiger partial charge in [0.25, 0.3) is 0 Å². The number of aromatic nitrogens is 5. The van der Waals surface area contributed by atoms with Gasteiger partial charge in [-0.05, 0) is 43.2 Å². The number of pyridine rings is 1. The van der Waals surface area contributed by atoms with Crippen LogP contribution in [0.3, 0.4) is 0 Å². The first-order chi connectivity index (χ1) is 15.6. The maximum Gasteiger partial charge on any atom is 0.134 e. The summed E-state index contributed by atoms with van der Waals surface area (Å²) in [6, 6.07) is 16.1. The lowest BCUT2D eigenvalue weighted by Gasteiger charge is -2.08. The SMILES string of the molecule is CCCn1c2cc(OCc3cn(Cc4ccccc4Cl)nn3)ccc2c2ccnc(C)c21. The molecule has 162 valence electrons. The number of benzene rings is 2. The fraction of sp³-hybridized carbons (Fsp3) is 0.240. The molecule has 0 amide bonds. The predicted molar refractivity (Wildman–Crippen MR) is 127 cm³/mol. The molecule has 0 N–H and O–H groups in total. The number of nitrogens with zero attached hydrogens (tertiary/aromatic N) is 5. The molecule has 0 unspecified atom stereocenters. The monoisotopic (exact) mass is 445 g/mol. The largest absolute Gasteiger partial charge is 0.487 e. The number of rotatable bonds is 7. The Labute approximate surface area is 191 Å². The van der Waals surface area contributed by atoms with Gasteiger partial charge in [0.15, 0.2) is 0 Å². The summed E-state index contributed by atoms with van der Waals surface area (Å²) >= 11 is 6.25. The highest BCUT2D eigenvalue weighted by atomic mass is 35.5. The van der Waals surface area contributed by atoms with E-state index in [0.717, 1.165) is 46.2 Å². The minimum atomic E-state index is 0.350. The van der Waals surface area contributed by atoms with Crippen LogP contribution >= 0.6 is 11.6 Å². The maximum absolute atomic E-state index is 6.25. The molecule has 0 saturated carbocycles. The van der Waals surface area contributed by atoms with Crippen LogP contribution in [-0.2, 0) is 19.7 Å². The molecular weight excluding hydrogens is 422 g/mol. The van der Waals surface area contributed by atoms with Crippen molar-refractivity contribution in [2.24, 2.45) is 0 Å². The van der Waals surface area contributed by atoms with Gasteiger partial charge in [-0.3, -0.25) is 4.98 Å². The standard InChI is InChI=1S/C25H24ClN5O/c1-3-12-31-24-13-20(8-9-21(24)22-10-11-27-17(2)25(22)31)32-16-19-15-30(29-28-19)14-18-6-4-5-7-23(18)26/h4-11,13,15H,3,12,14,16H2,1-2H3. The van der Waals surface area contributed by atoms with Gasteiger partial charge in [0.2, 0.25) is 0 Å². The summed E-state index contributed by atoms with van der Waals surface area (Å²) in [5.74, 6) is 0.809. The molecule has 0 fully saturated rings. The molecule has 0 bridgehead atoms. The van der Waals surface area contributed by atoms with Gasteiger partial charge in [0, 0.05) is 34.6 Å². The van der Waals surface area contributed by atoms with Crippen LogP contribution < -0.4 is 4.74 Å². The van der Waals surface area contributed by atoms with E-state index in [4.69, 9.17) is 16.3 Å². The lowest BCUT2D eigenvalue weighted by atomic mass is 10.1. The summed E-state index contributed by atoms with van der Waals surface area (Å²) in [5.41, 5.74) is 5.18. The molecule has 2 aromatic carbocycles. The normalized spacial score (nSPS) is 11.5. The summed E-state index contributed by atoms with van der Waals surface area (Å²) in [7, 11) is 0. The van der Waals surface area contributed by atoms with Crippen LogP contribution in [-0.4, -0.2) is 24.5 Å². The van der Waals surface area contributed by atoms with Crippen LogP contribution in [0, 0.1) is 6.92 Å². The first kappa shape index (κ1) is 20.5. The van der Waals surface area contributed by atoms with Crippen LogP contribution in [0.25, 0.3) is 21.8 Å². The summed E-state index contributed by atoms with van der Waals surface area (Å²) in [6.07, 6.45) is 4.82. The van der Waals surface area contributed by atoms with Crippen LogP contribution in [0.1, 0.15) is 30.3 Å². The maximum atomic E-state index is 6.25. The van der Waals surface area contributed by atoms with Gasteiger partial charge in [-0.25, -0.2) is 4.68 Å². The number of halogens is 1. The molecule has 3 aromatic heterocycles. The molecule has 0 radical (unpaired) electrons. The van der Waals surface area contributed by atoms with Gasteiger partial charge in [0.1, 0.15) is 18.1 Å². The van der Waals surface area contributed by atoms with Gasteiger partial charge in [-0.15, -0.1) is 5.10 Å². The second kappa shape index (κ2) is 8.63. The fourth-order valence-corrected chi connectivity index (χ4v) is 4.38. The number of hydrogen-bond acceptors (Lipinski definition) is 4. The molecule has 32 heavy (non-hydrogen) atoms. The molecule has 0 aliphatic rings. The van der Waals surface area contributed by atoms with E-state index in [2.05, 4.69) is 51.9 Å². The zero-order valence-corrected chi connectivity index (χ0v) is 18.9. The van der Waals surface area contributed by atoms with Crippen LogP contribution in [0.4, 0.5) is 0 Å². The molecule has 5 rings (SSSR count).